The highest BCUT2D eigenvalue weighted by molar-refractivity contribution is 5.96. The highest BCUT2D eigenvalue weighted by Crippen LogP contribution is 2.39. The van der Waals surface area contributed by atoms with Gasteiger partial charge < -0.3 is 5.11 Å². The van der Waals surface area contributed by atoms with Crippen LogP contribution in [-0.4, -0.2) is 10.9 Å². The second kappa shape index (κ2) is 5.43. The van der Waals surface area contributed by atoms with Gasteiger partial charge in [-0.2, -0.15) is 0 Å². The third-order valence-corrected chi connectivity index (χ3v) is 3.21. The average molecular weight is 273 g/mol. The third kappa shape index (κ3) is 3.96. The summed E-state index contributed by atoms with van der Waals surface area (Å²) in [6.07, 6.45) is 3.20. The van der Waals surface area contributed by atoms with Crippen LogP contribution in [0.25, 0.3) is 6.08 Å². The molecule has 1 N–H and O–H groups in total. The summed E-state index contributed by atoms with van der Waals surface area (Å²) < 4.78 is 0. The Morgan fingerprint density at radius 2 is 1.45 bits per heavy atom. The monoisotopic (exact) mass is 273 g/mol. The topological polar surface area (TPSA) is 37.3 Å². The summed E-state index contributed by atoms with van der Waals surface area (Å²) in [7, 11) is 0. The number of allylic oxidation sites excluding steroid dienone is 1. The number of carbonyl (C=O) groups excluding carboxylic acids is 1. The molecule has 1 aromatic rings. The average Bonchev–Trinajstić information content (AvgIpc) is 2.24. The van der Waals surface area contributed by atoms with Crippen molar-refractivity contribution in [2.45, 2.75) is 52.4 Å². The van der Waals surface area contributed by atoms with Gasteiger partial charge in [0.2, 0.25) is 0 Å². The lowest BCUT2D eigenvalue weighted by Crippen LogP contribution is -2.17. The largest absolute Gasteiger partial charge is 0.507 e. The van der Waals surface area contributed by atoms with Gasteiger partial charge in [0, 0.05) is 18.1 Å². The van der Waals surface area contributed by atoms with Gasteiger partial charge in [0.25, 0.3) is 0 Å². The first-order chi connectivity index (χ1) is 8.93. The van der Waals surface area contributed by atoms with Crippen molar-refractivity contribution in [1.82, 2.24) is 0 Å². The minimum atomic E-state index is -0.229. The standard InChI is InChI=1S/C18H25O2/c1-12(19)8-9-13-10-14(17(2,3)4)16(20)15(11-13)18(5,6)7/h8-11,20H,1H2,2-7H3/b9-8+. The van der Waals surface area contributed by atoms with E-state index in [1.54, 1.807) is 6.08 Å². The molecule has 0 saturated heterocycles. The van der Waals surface area contributed by atoms with Gasteiger partial charge in [0.1, 0.15) is 5.75 Å². The Bertz CT molecular complexity index is 503. The van der Waals surface area contributed by atoms with Crippen molar-refractivity contribution in [2.24, 2.45) is 0 Å². The van der Waals surface area contributed by atoms with E-state index in [9.17, 15) is 9.90 Å². The van der Waals surface area contributed by atoms with Crippen molar-refractivity contribution in [1.29, 1.82) is 0 Å². The number of hydrogen-bond acceptors (Lipinski definition) is 2. The van der Waals surface area contributed by atoms with Gasteiger partial charge in [0.15, 0.2) is 5.78 Å². The molecule has 20 heavy (non-hydrogen) atoms. The summed E-state index contributed by atoms with van der Waals surface area (Å²) in [4.78, 5) is 11.0. The molecule has 2 nitrogen and oxygen atoms in total. The Morgan fingerprint density at radius 1 is 1.05 bits per heavy atom. The molecule has 0 bridgehead atoms. The molecule has 1 radical (unpaired) electrons. The van der Waals surface area contributed by atoms with E-state index in [2.05, 4.69) is 48.5 Å². The number of phenols is 1. The highest BCUT2D eigenvalue weighted by atomic mass is 16.3. The molecule has 0 aliphatic carbocycles. The fourth-order valence-electron chi connectivity index (χ4n) is 2.09. The van der Waals surface area contributed by atoms with Crippen LogP contribution in [-0.2, 0) is 15.6 Å². The maximum absolute atomic E-state index is 11.0. The fraction of sp³-hybridized carbons (Fsp3) is 0.444. The first kappa shape index (κ1) is 16.5. The second-order valence-electron chi connectivity index (χ2n) is 7.26. The Kier molecular flexibility index (Phi) is 4.48. The first-order valence-electron chi connectivity index (χ1n) is 6.85. The fourth-order valence-corrected chi connectivity index (χ4v) is 2.09. The molecule has 0 heterocycles. The smallest absolute Gasteiger partial charge is 0.156 e. The normalized spacial score (nSPS) is 12.9. The van der Waals surface area contributed by atoms with Crippen LogP contribution in [0.1, 0.15) is 58.2 Å². The quantitative estimate of drug-likeness (QED) is 0.811. The number of benzene rings is 1. The van der Waals surface area contributed by atoms with Crippen molar-refractivity contribution >= 4 is 11.9 Å². The van der Waals surface area contributed by atoms with Crippen molar-refractivity contribution in [3.05, 3.63) is 41.8 Å². The predicted octanol–water partition coefficient (Wildman–Crippen LogP) is 4.40. The van der Waals surface area contributed by atoms with Crippen molar-refractivity contribution < 1.29 is 9.90 Å². The van der Waals surface area contributed by atoms with Crippen molar-refractivity contribution in [2.75, 3.05) is 0 Å². The lowest BCUT2D eigenvalue weighted by molar-refractivity contribution is -0.110. The van der Waals surface area contributed by atoms with Crippen LogP contribution >= 0.6 is 0 Å². The van der Waals surface area contributed by atoms with E-state index in [1.165, 1.54) is 6.08 Å². The summed E-state index contributed by atoms with van der Waals surface area (Å²) in [5.41, 5.74) is 2.36. The van der Waals surface area contributed by atoms with E-state index in [1.807, 2.05) is 12.1 Å². The van der Waals surface area contributed by atoms with E-state index >= 15 is 0 Å². The summed E-state index contributed by atoms with van der Waals surface area (Å²) in [5.74, 6) is 0.121. The molecule has 0 aromatic heterocycles. The molecule has 0 aliphatic heterocycles. The summed E-state index contributed by atoms with van der Waals surface area (Å²) in [5, 5.41) is 10.6. The molecule has 109 valence electrons. The molecular weight excluding hydrogens is 248 g/mol. The number of aromatic hydroxyl groups is 1. The molecule has 0 aliphatic rings. The van der Waals surface area contributed by atoms with E-state index < -0.39 is 0 Å². The number of ketones is 1. The molecule has 0 spiro atoms. The maximum atomic E-state index is 11.0. The van der Waals surface area contributed by atoms with Crippen LogP contribution in [0.15, 0.2) is 18.2 Å². The zero-order chi connectivity index (χ0) is 15.7. The summed E-state index contributed by atoms with van der Waals surface area (Å²) >= 11 is 0. The number of carbonyl (C=O) groups is 1. The zero-order valence-electron chi connectivity index (χ0n) is 13.4. The molecule has 1 rings (SSSR count). The van der Waals surface area contributed by atoms with Gasteiger partial charge in [-0.25, -0.2) is 0 Å². The minimum Gasteiger partial charge on any atom is -0.507 e. The molecular formula is C18H25O2. The first-order valence-corrected chi connectivity index (χ1v) is 6.85. The molecule has 0 unspecified atom stereocenters. The third-order valence-electron chi connectivity index (χ3n) is 3.21. The zero-order valence-corrected chi connectivity index (χ0v) is 13.4. The predicted molar refractivity (Wildman–Crippen MR) is 84.9 cm³/mol. The number of rotatable bonds is 2. The van der Waals surface area contributed by atoms with Crippen LogP contribution < -0.4 is 0 Å². The van der Waals surface area contributed by atoms with Crippen LogP contribution in [0.4, 0.5) is 0 Å². The maximum Gasteiger partial charge on any atom is 0.156 e. The molecule has 0 fully saturated rings. The summed E-state index contributed by atoms with van der Waals surface area (Å²) in [6.45, 7) is 15.7. The van der Waals surface area contributed by atoms with Crippen LogP contribution in [0.2, 0.25) is 0 Å². The van der Waals surface area contributed by atoms with Gasteiger partial charge in [-0.1, -0.05) is 47.6 Å². The molecule has 0 amide bonds. The van der Waals surface area contributed by atoms with E-state index in [0.29, 0.717) is 5.75 Å². The van der Waals surface area contributed by atoms with E-state index in [-0.39, 0.29) is 16.6 Å². The molecule has 0 atom stereocenters. The number of hydrogen-bond donors (Lipinski definition) is 1. The highest BCUT2D eigenvalue weighted by Gasteiger charge is 2.26. The van der Waals surface area contributed by atoms with Gasteiger partial charge in [-0.15, -0.1) is 0 Å². The molecule has 0 saturated carbocycles. The van der Waals surface area contributed by atoms with Gasteiger partial charge >= 0.3 is 0 Å². The second-order valence-corrected chi connectivity index (χ2v) is 7.26. The SMILES string of the molecule is [CH2]C(=O)/C=C/c1cc(C(C)(C)C)c(O)c(C(C)(C)C)c1. The lowest BCUT2D eigenvalue weighted by atomic mass is 9.78. The molecule has 2 heteroatoms. The minimum absolute atomic E-state index is 0.164. The van der Waals surface area contributed by atoms with Crippen molar-refractivity contribution in [3.8, 4) is 5.75 Å². The Balaban J connectivity index is 3.54. The van der Waals surface area contributed by atoms with E-state index in [4.69, 9.17) is 0 Å². The Morgan fingerprint density at radius 3 is 1.75 bits per heavy atom. The van der Waals surface area contributed by atoms with Crippen LogP contribution in [0, 0.1) is 6.92 Å². The Labute approximate surface area is 122 Å². The van der Waals surface area contributed by atoms with Crippen molar-refractivity contribution in [3.63, 3.8) is 0 Å². The van der Waals surface area contributed by atoms with Gasteiger partial charge in [0.05, 0.1) is 0 Å². The van der Waals surface area contributed by atoms with Gasteiger partial charge in [-0.3, -0.25) is 4.79 Å². The van der Waals surface area contributed by atoms with Crippen LogP contribution in [0.5, 0.6) is 5.75 Å². The Hall–Kier alpha value is -1.57. The number of phenolic OH excluding ortho intramolecular Hbond substituents is 1. The van der Waals surface area contributed by atoms with E-state index in [0.717, 1.165) is 16.7 Å². The summed E-state index contributed by atoms with van der Waals surface area (Å²) in [6, 6.07) is 3.87. The lowest BCUT2D eigenvalue weighted by Gasteiger charge is -2.27. The van der Waals surface area contributed by atoms with Crippen LogP contribution in [0.3, 0.4) is 0 Å². The van der Waals surface area contributed by atoms with Gasteiger partial charge in [-0.05, 0) is 34.6 Å². The molecule has 1 aromatic carbocycles.